The molecular weight excluding hydrogens is 208 g/mol. The van der Waals surface area contributed by atoms with Crippen molar-refractivity contribution in [2.24, 2.45) is 0 Å². The van der Waals surface area contributed by atoms with Gasteiger partial charge in [-0.2, -0.15) is 0 Å². The first-order valence-corrected chi connectivity index (χ1v) is 5.18. The lowest BCUT2D eigenvalue weighted by Crippen LogP contribution is -2.36. The Morgan fingerprint density at radius 1 is 1.44 bits per heavy atom. The van der Waals surface area contributed by atoms with Crippen LogP contribution < -0.4 is 0 Å². The minimum atomic E-state index is -0.808. The molecule has 0 bridgehead atoms. The zero-order valence-corrected chi connectivity index (χ0v) is 10.1. The molecule has 90 valence electrons. The Labute approximate surface area is 95.6 Å². The first kappa shape index (κ1) is 12.9. The summed E-state index contributed by atoms with van der Waals surface area (Å²) in [7, 11) is 1.45. The molecule has 0 amide bonds. The Morgan fingerprint density at radius 2 is 2.06 bits per heavy atom. The summed E-state index contributed by atoms with van der Waals surface area (Å²) < 4.78 is 10.3. The van der Waals surface area contributed by atoms with Gasteiger partial charge in [0.25, 0.3) is 0 Å². The van der Waals surface area contributed by atoms with Crippen molar-refractivity contribution in [1.82, 2.24) is 0 Å². The summed E-state index contributed by atoms with van der Waals surface area (Å²) in [5, 5.41) is 9.63. The molecule has 0 aromatic heterocycles. The second kappa shape index (κ2) is 4.80. The van der Waals surface area contributed by atoms with Crippen LogP contribution in [0, 0.1) is 0 Å². The lowest BCUT2D eigenvalue weighted by molar-refractivity contribution is -0.152. The molecule has 0 aliphatic heterocycles. The zero-order valence-electron chi connectivity index (χ0n) is 10.1. The molecule has 4 heteroatoms. The van der Waals surface area contributed by atoms with Gasteiger partial charge in [-0.05, 0) is 26.8 Å². The second-order valence-corrected chi connectivity index (χ2v) is 4.66. The first-order valence-electron chi connectivity index (χ1n) is 5.18. The van der Waals surface area contributed by atoms with Gasteiger partial charge in [-0.1, -0.05) is 12.2 Å². The van der Waals surface area contributed by atoms with Gasteiger partial charge in [0.15, 0.2) is 0 Å². The van der Waals surface area contributed by atoms with Crippen LogP contribution in [0.15, 0.2) is 23.8 Å². The highest BCUT2D eigenvalue weighted by Gasteiger charge is 2.31. The number of aliphatic hydroxyl groups excluding tert-OH is 1. The zero-order chi connectivity index (χ0) is 12.3. The van der Waals surface area contributed by atoms with E-state index in [4.69, 9.17) is 9.47 Å². The molecule has 2 atom stereocenters. The lowest BCUT2D eigenvalue weighted by Gasteiger charge is -2.26. The summed E-state index contributed by atoms with van der Waals surface area (Å²) in [6.45, 7) is 5.38. The van der Waals surface area contributed by atoms with E-state index in [1.54, 1.807) is 39.0 Å². The van der Waals surface area contributed by atoms with Crippen molar-refractivity contribution in [1.29, 1.82) is 0 Å². The topological polar surface area (TPSA) is 55.8 Å². The van der Waals surface area contributed by atoms with Crippen LogP contribution in [0.5, 0.6) is 0 Å². The molecule has 0 radical (unpaired) electrons. The van der Waals surface area contributed by atoms with E-state index in [-0.39, 0.29) is 0 Å². The largest absolute Gasteiger partial charge is 0.457 e. The summed E-state index contributed by atoms with van der Waals surface area (Å²) in [5.41, 5.74) is -0.213. The van der Waals surface area contributed by atoms with Gasteiger partial charge in [0.05, 0.1) is 5.57 Å². The number of methoxy groups -OCH3 is 1. The third kappa shape index (κ3) is 3.18. The standard InChI is InChI=1S/C12H18O4/c1-12(2,3)16-11(14)8-6-5-7-9(13)10(8)15-4/h5-7,9-10,13H,1-4H3. The molecule has 0 aromatic carbocycles. The van der Waals surface area contributed by atoms with Crippen LogP contribution in [0.1, 0.15) is 20.8 Å². The Balaban J connectivity index is 2.82. The lowest BCUT2D eigenvalue weighted by atomic mass is 9.99. The van der Waals surface area contributed by atoms with E-state index in [9.17, 15) is 9.90 Å². The van der Waals surface area contributed by atoms with Gasteiger partial charge in [-0.25, -0.2) is 4.79 Å². The highest BCUT2D eigenvalue weighted by Crippen LogP contribution is 2.20. The highest BCUT2D eigenvalue weighted by molar-refractivity contribution is 5.90. The van der Waals surface area contributed by atoms with E-state index in [2.05, 4.69) is 0 Å². The molecule has 0 saturated heterocycles. The minimum Gasteiger partial charge on any atom is -0.457 e. The molecule has 0 spiro atoms. The number of ether oxygens (including phenoxy) is 2. The minimum absolute atomic E-state index is 0.340. The molecule has 0 fully saturated rings. The number of carbonyl (C=O) groups excluding carboxylic acids is 1. The van der Waals surface area contributed by atoms with Gasteiger partial charge in [0.2, 0.25) is 0 Å². The number of rotatable bonds is 2. The van der Waals surface area contributed by atoms with Crippen molar-refractivity contribution < 1.29 is 19.4 Å². The van der Waals surface area contributed by atoms with Crippen LogP contribution in [0.4, 0.5) is 0 Å². The SMILES string of the molecule is COC1C(C(=O)OC(C)(C)C)=CC=CC1O. The molecule has 1 N–H and O–H groups in total. The van der Waals surface area contributed by atoms with Gasteiger partial charge < -0.3 is 14.6 Å². The van der Waals surface area contributed by atoms with Crippen LogP contribution >= 0.6 is 0 Å². The number of hydrogen-bond donors (Lipinski definition) is 1. The predicted molar refractivity (Wildman–Crippen MR) is 59.9 cm³/mol. The summed E-state index contributed by atoms with van der Waals surface area (Å²) in [5.74, 6) is -0.456. The molecule has 0 aromatic rings. The quantitative estimate of drug-likeness (QED) is 0.719. The van der Waals surface area contributed by atoms with Gasteiger partial charge in [-0.3, -0.25) is 0 Å². The molecule has 1 rings (SSSR count). The van der Waals surface area contributed by atoms with Crippen molar-refractivity contribution in [3.8, 4) is 0 Å². The van der Waals surface area contributed by atoms with Crippen molar-refractivity contribution >= 4 is 5.97 Å². The summed E-state index contributed by atoms with van der Waals surface area (Å²) in [6.07, 6.45) is 3.34. The van der Waals surface area contributed by atoms with Gasteiger partial charge in [0, 0.05) is 7.11 Å². The van der Waals surface area contributed by atoms with Crippen molar-refractivity contribution in [2.45, 2.75) is 38.6 Å². The number of aliphatic hydroxyl groups is 1. The summed E-state index contributed by atoms with van der Waals surface area (Å²) >= 11 is 0. The molecule has 0 saturated carbocycles. The Morgan fingerprint density at radius 3 is 2.56 bits per heavy atom. The number of carbonyl (C=O) groups is 1. The first-order chi connectivity index (χ1) is 7.35. The molecule has 0 heterocycles. The van der Waals surface area contributed by atoms with Crippen LogP contribution in [-0.4, -0.2) is 36.0 Å². The maximum absolute atomic E-state index is 11.8. The van der Waals surface area contributed by atoms with Gasteiger partial charge in [0.1, 0.15) is 17.8 Å². The Hall–Kier alpha value is -1.13. The predicted octanol–water partition coefficient (Wildman–Crippen LogP) is 1.20. The van der Waals surface area contributed by atoms with Crippen LogP contribution in [0.25, 0.3) is 0 Å². The molecule has 1 aliphatic rings. The molecule has 4 nitrogen and oxygen atoms in total. The molecular formula is C12H18O4. The van der Waals surface area contributed by atoms with E-state index < -0.39 is 23.8 Å². The smallest absolute Gasteiger partial charge is 0.337 e. The molecule has 1 aliphatic carbocycles. The fourth-order valence-electron chi connectivity index (χ4n) is 1.44. The third-order valence-corrected chi connectivity index (χ3v) is 2.09. The number of allylic oxidation sites excluding steroid dienone is 2. The van der Waals surface area contributed by atoms with Crippen molar-refractivity contribution in [3.05, 3.63) is 23.8 Å². The number of esters is 1. The maximum atomic E-state index is 11.8. The van der Waals surface area contributed by atoms with E-state index in [1.165, 1.54) is 7.11 Å². The molecule has 2 unspecified atom stereocenters. The second-order valence-electron chi connectivity index (χ2n) is 4.66. The van der Waals surface area contributed by atoms with E-state index in [1.807, 2.05) is 0 Å². The average Bonchev–Trinajstić information content (AvgIpc) is 2.14. The maximum Gasteiger partial charge on any atom is 0.337 e. The number of hydrogen-bond acceptors (Lipinski definition) is 4. The fourth-order valence-corrected chi connectivity index (χ4v) is 1.44. The van der Waals surface area contributed by atoms with E-state index >= 15 is 0 Å². The van der Waals surface area contributed by atoms with Crippen molar-refractivity contribution in [2.75, 3.05) is 7.11 Å². The van der Waals surface area contributed by atoms with Crippen LogP contribution in [0.2, 0.25) is 0 Å². The van der Waals surface area contributed by atoms with Crippen LogP contribution in [-0.2, 0) is 14.3 Å². The Bertz CT molecular complexity index is 322. The highest BCUT2D eigenvalue weighted by atomic mass is 16.6. The van der Waals surface area contributed by atoms with Gasteiger partial charge in [-0.15, -0.1) is 0 Å². The average molecular weight is 226 g/mol. The molecule has 16 heavy (non-hydrogen) atoms. The third-order valence-electron chi connectivity index (χ3n) is 2.09. The Kier molecular flexibility index (Phi) is 3.88. The monoisotopic (exact) mass is 226 g/mol. The van der Waals surface area contributed by atoms with Gasteiger partial charge >= 0.3 is 5.97 Å². The fraction of sp³-hybridized carbons (Fsp3) is 0.583. The van der Waals surface area contributed by atoms with Crippen molar-refractivity contribution in [3.63, 3.8) is 0 Å². The van der Waals surface area contributed by atoms with E-state index in [0.29, 0.717) is 5.57 Å². The van der Waals surface area contributed by atoms with Crippen LogP contribution in [0.3, 0.4) is 0 Å². The van der Waals surface area contributed by atoms with E-state index in [0.717, 1.165) is 0 Å². The summed E-state index contributed by atoms with van der Waals surface area (Å²) in [6, 6.07) is 0. The normalized spacial score (nSPS) is 25.2. The summed E-state index contributed by atoms with van der Waals surface area (Å²) in [4.78, 5) is 11.8.